The van der Waals surface area contributed by atoms with E-state index in [1.165, 1.54) is 17.2 Å². The molecule has 5 heterocycles. The first-order valence-electron chi connectivity index (χ1n) is 10.3. The fourth-order valence-corrected chi connectivity index (χ4v) is 4.38. The average Bonchev–Trinajstić information content (AvgIpc) is 3.19. The van der Waals surface area contributed by atoms with E-state index >= 15 is 0 Å². The molecule has 3 aromatic rings. The van der Waals surface area contributed by atoms with Crippen molar-refractivity contribution in [2.45, 2.75) is 38.5 Å². The quantitative estimate of drug-likeness (QED) is 0.625. The Bertz CT molecular complexity index is 1280. The molecule has 0 fully saturated rings. The molecule has 0 spiro atoms. The average molecular weight is 459 g/mol. The van der Waals surface area contributed by atoms with Crippen LogP contribution in [0.3, 0.4) is 0 Å². The lowest BCUT2D eigenvalue weighted by atomic mass is 10.0. The summed E-state index contributed by atoms with van der Waals surface area (Å²) in [6.45, 7) is 2.32. The Morgan fingerprint density at radius 2 is 2.03 bits per heavy atom. The smallest absolute Gasteiger partial charge is 0.383 e. The predicted octanol–water partition coefficient (Wildman–Crippen LogP) is 3.56. The van der Waals surface area contributed by atoms with Crippen molar-refractivity contribution in [3.8, 4) is 0 Å². The van der Waals surface area contributed by atoms with Crippen LogP contribution in [-0.4, -0.2) is 39.4 Å². The SMILES string of the molecule is C[C@@H]1OCc2c1c(N)nc1cnc(C(=O)N(C)[C@@H]3COCc4nc(C(F)(F)F)ccc43)cc21. The maximum absolute atomic E-state index is 13.3. The van der Waals surface area contributed by atoms with Gasteiger partial charge in [0.1, 0.15) is 17.2 Å². The van der Waals surface area contributed by atoms with Crippen LogP contribution in [0.2, 0.25) is 0 Å². The summed E-state index contributed by atoms with van der Waals surface area (Å²) < 4.78 is 50.3. The maximum atomic E-state index is 13.3. The lowest BCUT2D eigenvalue weighted by molar-refractivity contribution is -0.141. The summed E-state index contributed by atoms with van der Waals surface area (Å²) in [4.78, 5) is 27.0. The van der Waals surface area contributed by atoms with Crippen LogP contribution >= 0.6 is 0 Å². The molecule has 8 nitrogen and oxygen atoms in total. The minimum Gasteiger partial charge on any atom is -0.383 e. The van der Waals surface area contributed by atoms with E-state index in [2.05, 4.69) is 15.0 Å². The fourth-order valence-electron chi connectivity index (χ4n) is 4.38. The van der Waals surface area contributed by atoms with Crippen molar-refractivity contribution in [2.75, 3.05) is 19.4 Å². The van der Waals surface area contributed by atoms with Crippen molar-refractivity contribution in [3.63, 3.8) is 0 Å². The zero-order valence-corrected chi connectivity index (χ0v) is 17.8. The van der Waals surface area contributed by atoms with E-state index in [1.54, 1.807) is 13.1 Å². The molecule has 2 atom stereocenters. The molecule has 0 saturated carbocycles. The zero-order valence-electron chi connectivity index (χ0n) is 17.8. The number of nitrogens with zero attached hydrogens (tertiary/aromatic N) is 4. The second-order valence-corrected chi connectivity index (χ2v) is 8.11. The van der Waals surface area contributed by atoms with E-state index in [0.717, 1.165) is 22.6 Å². The summed E-state index contributed by atoms with van der Waals surface area (Å²) in [7, 11) is 1.56. The van der Waals surface area contributed by atoms with E-state index in [1.807, 2.05) is 6.92 Å². The molecule has 0 bridgehead atoms. The number of pyridine rings is 3. The molecule has 33 heavy (non-hydrogen) atoms. The van der Waals surface area contributed by atoms with Crippen LogP contribution in [-0.2, 0) is 28.9 Å². The molecule has 2 aliphatic heterocycles. The highest BCUT2D eigenvalue weighted by Gasteiger charge is 2.36. The highest BCUT2D eigenvalue weighted by Crippen LogP contribution is 2.38. The summed E-state index contributed by atoms with van der Waals surface area (Å²) in [6.07, 6.45) is -3.27. The topological polar surface area (TPSA) is 103 Å². The Hall–Kier alpha value is -3.31. The van der Waals surface area contributed by atoms with Crippen molar-refractivity contribution in [3.05, 3.63) is 58.2 Å². The molecular weight excluding hydrogens is 439 g/mol. The monoisotopic (exact) mass is 459 g/mol. The Balaban J connectivity index is 1.49. The molecule has 0 radical (unpaired) electrons. The molecule has 0 aromatic carbocycles. The Kier molecular flexibility index (Phi) is 4.98. The Labute approximate surface area is 186 Å². The number of hydrogen-bond acceptors (Lipinski definition) is 7. The first-order valence-corrected chi connectivity index (χ1v) is 10.3. The number of carbonyl (C=O) groups excluding carboxylic acids is 1. The second-order valence-electron chi connectivity index (χ2n) is 8.11. The maximum Gasteiger partial charge on any atom is 0.433 e. The van der Waals surface area contributed by atoms with E-state index in [0.29, 0.717) is 23.5 Å². The second kappa shape index (κ2) is 7.63. The third-order valence-electron chi connectivity index (χ3n) is 6.11. The number of aromatic nitrogens is 3. The van der Waals surface area contributed by atoms with Crippen molar-refractivity contribution < 1.29 is 27.4 Å². The van der Waals surface area contributed by atoms with Gasteiger partial charge in [0.15, 0.2) is 0 Å². The van der Waals surface area contributed by atoms with Crippen LogP contribution in [0, 0.1) is 0 Å². The number of likely N-dealkylation sites (N-methyl/N-ethyl adjacent to an activating group) is 1. The van der Waals surface area contributed by atoms with E-state index in [9.17, 15) is 18.0 Å². The van der Waals surface area contributed by atoms with Crippen molar-refractivity contribution >= 4 is 22.6 Å². The van der Waals surface area contributed by atoms with Crippen LogP contribution in [0.4, 0.5) is 19.0 Å². The predicted molar refractivity (Wildman–Crippen MR) is 111 cm³/mol. The molecule has 0 aliphatic carbocycles. The van der Waals surface area contributed by atoms with Crippen LogP contribution in [0.25, 0.3) is 10.9 Å². The van der Waals surface area contributed by atoms with Crippen molar-refractivity contribution in [2.24, 2.45) is 0 Å². The van der Waals surface area contributed by atoms with Gasteiger partial charge in [-0.1, -0.05) is 6.07 Å². The molecule has 0 unspecified atom stereocenters. The number of fused-ring (bicyclic) bond motifs is 4. The van der Waals surface area contributed by atoms with Gasteiger partial charge in [-0.3, -0.25) is 4.79 Å². The number of nitrogens with two attached hydrogens (primary N) is 1. The van der Waals surface area contributed by atoms with E-state index in [4.69, 9.17) is 15.2 Å². The summed E-state index contributed by atoms with van der Waals surface area (Å²) in [5, 5.41) is 0.729. The van der Waals surface area contributed by atoms with Crippen molar-refractivity contribution in [1.82, 2.24) is 19.9 Å². The molecule has 172 valence electrons. The molecule has 2 N–H and O–H groups in total. The first-order chi connectivity index (χ1) is 15.6. The summed E-state index contributed by atoms with van der Waals surface area (Å²) in [6, 6.07) is 3.32. The third-order valence-corrected chi connectivity index (χ3v) is 6.11. The number of ether oxygens (including phenoxy) is 2. The van der Waals surface area contributed by atoms with Crippen LogP contribution in [0.1, 0.15) is 57.6 Å². The number of carbonyl (C=O) groups is 1. The van der Waals surface area contributed by atoms with Gasteiger partial charge in [0.25, 0.3) is 5.91 Å². The molecule has 2 aliphatic rings. The lowest BCUT2D eigenvalue weighted by Crippen LogP contribution is -2.37. The Morgan fingerprint density at radius 1 is 1.24 bits per heavy atom. The van der Waals surface area contributed by atoms with Gasteiger partial charge in [-0.25, -0.2) is 15.0 Å². The van der Waals surface area contributed by atoms with E-state index < -0.39 is 23.8 Å². The van der Waals surface area contributed by atoms with Gasteiger partial charge in [0.05, 0.1) is 49.4 Å². The Morgan fingerprint density at radius 3 is 2.79 bits per heavy atom. The number of halogens is 3. The van der Waals surface area contributed by atoms with Gasteiger partial charge in [-0.05, 0) is 24.6 Å². The molecule has 3 aromatic heterocycles. The third kappa shape index (κ3) is 3.57. The standard InChI is InChI=1S/C22H20F3N5O3/c1-10-19-13(7-33-10)12-5-14(27-6-15(12)29-20(19)26)21(31)30(2)17-9-32-8-16-11(17)3-4-18(28-16)22(23,24)25/h3-6,10,17H,7-9H2,1-2H3,(H2,26,29)/t10-,17+/m0/s1. The molecular formula is C22H20F3N5O3. The number of alkyl halides is 3. The van der Waals surface area contributed by atoms with Gasteiger partial charge in [0.2, 0.25) is 0 Å². The highest BCUT2D eigenvalue weighted by atomic mass is 19.4. The van der Waals surface area contributed by atoms with Gasteiger partial charge in [-0.15, -0.1) is 0 Å². The molecule has 11 heteroatoms. The van der Waals surface area contributed by atoms with E-state index in [-0.39, 0.29) is 30.7 Å². The zero-order chi connectivity index (χ0) is 23.5. The first kappa shape index (κ1) is 21.5. The van der Waals surface area contributed by atoms with Crippen LogP contribution in [0.15, 0.2) is 24.4 Å². The van der Waals surface area contributed by atoms with Crippen LogP contribution in [0.5, 0.6) is 0 Å². The highest BCUT2D eigenvalue weighted by molar-refractivity contribution is 5.97. The molecule has 0 saturated heterocycles. The lowest BCUT2D eigenvalue weighted by Gasteiger charge is -2.32. The summed E-state index contributed by atoms with van der Waals surface area (Å²) >= 11 is 0. The molecule has 5 rings (SSSR count). The minimum atomic E-state index is -4.56. The summed E-state index contributed by atoms with van der Waals surface area (Å²) in [5.41, 5.74) is 8.16. The van der Waals surface area contributed by atoms with Gasteiger partial charge in [0, 0.05) is 23.6 Å². The number of hydrogen-bond donors (Lipinski definition) is 1. The van der Waals surface area contributed by atoms with Gasteiger partial charge < -0.3 is 20.1 Å². The van der Waals surface area contributed by atoms with Crippen molar-refractivity contribution in [1.29, 1.82) is 0 Å². The van der Waals surface area contributed by atoms with Crippen LogP contribution < -0.4 is 5.73 Å². The van der Waals surface area contributed by atoms with Gasteiger partial charge >= 0.3 is 6.18 Å². The number of anilines is 1. The number of rotatable bonds is 2. The summed E-state index contributed by atoms with van der Waals surface area (Å²) in [5.74, 6) is -0.0297. The minimum absolute atomic E-state index is 0.0522. The van der Waals surface area contributed by atoms with Gasteiger partial charge in [-0.2, -0.15) is 13.2 Å². The fraction of sp³-hybridized carbons (Fsp3) is 0.364. The largest absolute Gasteiger partial charge is 0.433 e. The number of amides is 1. The molecule has 1 amide bonds. The number of nitrogen functional groups attached to an aromatic ring is 1. The normalized spacial score (nSPS) is 19.9.